The average Bonchev–Trinajstić information content (AvgIpc) is 2.80. The zero-order valence-electron chi connectivity index (χ0n) is 12.4. The van der Waals surface area contributed by atoms with Crippen molar-refractivity contribution in [2.45, 2.75) is 47.2 Å². The van der Waals surface area contributed by atoms with E-state index in [1.54, 1.807) is 11.3 Å². The lowest BCUT2D eigenvalue weighted by molar-refractivity contribution is 0.593. The Morgan fingerprint density at radius 1 is 1.11 bits per heavy atom. The normalized spacial score (nSPS) is 11.3. The standard InChI is InChI=1S/C16H22N2S/c1-10(2)17-8-14-9-18-16(19-14)15-7-12(4)11(3)6-13(15)5/h6-7,9-10,17H,8H2,1-5H3. The highest BCUT2D eigenvalue weighted by Gasteiger charge is 2.09. The number of rotatable bonds is 4. The molecule has 0 saturated heterocycles. The fourth-order valence-corrected chi connectivity index (χ4v) is 2.95. The Hall–Kier alpha value is -1.19. The minimum atomic E-state index is 0.508. The SMILES string of the molecule is Cc1cc(C)c(-c2ncc(CNC(C)C)s2)cc1C. The van der Waals surface area contributed by atoms with Gasteiger partial charge in [0.05, 0.1) is 0 Å². The number of aryl methyl sites for hydroxylation is 3. The van der Waals surface area contributed by atoms with E-state index in [1.165, 1.54) is 27.1 Å². The maximum Gasteiger partial charge on any atom is 0.123 e. The monoisotopic (exact) mass is 274 g/mol. The van der Waals surface area contributed by atoms with Crippen LogP contribution in [0.2, 0.25) is 0 Å². The highest BCUT2D eigenvalue weighted by Crippen LogP contribution is 2.30. The van der Waals surface area contributed by atoms with Gasteiger partial charge in [-0.1, -0.05) is 19.9 Å². The van der Waals surface area contributed by atoms with Crippen molar-refractivity contribution < 1.29 is 0 Å². The van der Waals surface area contributed by atoms with Gasteiger partial charge in [-0.05, 0) is 43.5 Å². The first-order valence-corrected chi connectivity index (χ1v) is 7.55. The van der Waals surface area contributed by atoms with Crippen molar-refractivity contribution in [2.24, 2.45) is 0 Å². The van der Waals surface area contributed by atoms with Crippen LogP contribution in [-0.4, -0.2) is 11.0 Å². The van der Waals surface area contributed by atoms with Gasteiger partial charge in [-0.25, -0.2) is 4.98 Å². The summed E-state index contributed by atoms with van der Waals surface area (Å²) in [6.45, 7) is 11.7. The van der Waals surface area contributed by atoms with Gasteiger partial charge < -0.3 is 5.32 Å². The summed E-state index contributed by atoms with van der Waals surface area (Å²) in [5, 5.41) is 4.56. The summed E-state index contributed by atoms with van der Waals surface area (Å²) in [5.74, 6) is 0. The predicted octanol–water partition coefficient (Wildman–Crippen LogP) is 4.23. The van der Waals surface area contributed by atoms with Crippen LogP contribution >= 0.6 is 11.3 Å². The molecule has 0 amide bonds. The number of nitrogens with zero attached hydrogens (tertiary/aromatic N) is 1. The van der Waals surface area contributed by atoms with Crippen molar-refractivity contribution in [3.8, 4) is 10.6 Å². The Labute approximate surface area is 119 Å². The molecular formula is C16H22N2S. The number of thiazole rings is 1. The molecule has 1 aromatic carbocycles. The number of hydrogen-bond donors (Lipinski definition) is 1. The Bertz CT molecular complexity index is 570. The highest BCUT2D eigenvalue weighted by atomic mass is 32.1. The minimum Gasteiger partial charge on any atom is -0.310 e. The van der Waals surface area contributed by atoms with E-state index in [0.717, 1.165) is 11.6 Å². The molecule has 102 valence electrons. The lowest BCUT2D eigenvalue weighted by Gasteiger charge is -2.07. The number of nitrogens with one attached hydrogen (secondary N) is 1. The van der Waals surface area contributed by atoms with Gasteiger partial charge in [0.25, 0.3) is 0 Å². The molecular weight excluding hydrogens is 252 g/mol. The molecule has 19 heavy (non-hydrogen) atoms. The van der Waals surface area contributed by atoms with Crippen LogP contribution in [0.4, 0.5) is 0 Å². The summed E-state index contributed by atoms with van der Waals surface area (Å²) in [5.41, 5.74) is 5.25. The quantitative estimate of drug-likeness (QED) is 0.902. The maximum atomic E-state index is 4.57. The van der Waals surface area contributed by atoms with Gasteiger partial charge in [0.15, 0.2) is 0 Å². The third-order valence-electron chi connectivity index (χ3n) is 3.31. The largest absolute Gasteiger partial charge is 0.310 e. The van der Waals surface area contributed by atoms with E-state index in [1.807, 2.05) is 6.20 Å². The van der Waals surface area contributed by atoms with Gasteiger partial charge in [0.1, 0.15) is 5.01 Å². The summed E-state index contributed by atoms with van der Waals surface area (Å²) >= 11 is 1.78. The van der Waals surface area contributed by atoms with Crippen LogP contribution in [0.1, 0.15) is 35.4 Å². The average molecular weight is 274 g/mol. The molecule has 1 N–H and O–H groups in total. The second kappa shape index (κ2) is 5.85. The first kappa shape index (κ1) is 14.2. The zero-order chi connectivity index (χ0) is 14.0. The molecule has 2 nitrogen and oxygen atoms in total. The van der Waals surface area contributed by atoms with Crippen molar-refractivity contribution in [1.82, 2.24) is 10.3 Å². The number of benzene rings is 1. The van der Waals surface area contributed by atoms with Crippen molar-refractivity contribution in [3.05, 3.63) is 39.9 Å². The number of hydrogen-bond acceptors (Lipinski definition) is 3. The van der Waals surface area contributed by atoms with Crippen molar-refractivity contribution in [3.63, 3.8) is 0 Å². The molecule has 0 aliphatic rings. The Morgan fingerprint density at radius 2 is 1.79 bits per heavy atom. The summed E-state index contributed by atoms with van der Waals surface area (Å²) in [7, 11) is 0. The molecule has 1 heterocycles. The van der Waals surface area contributed by atoms with Crippen LogP contribution in [0.15, 0.2) is 18.3 Å². The van der Waals surface area contributed by atoms with Crippen LogP contribution in [0, 0.1) is 20.8 Å². The lowest BCUT2D eigenvalue weighted by atomic mass is 10.0. The molecule has 0 spiro atoms. The van der Waals surface area contributed by atoms with Gasteiger partial charge in [0.2, 0.25) is 0 Å². The maximum absolute atomic E-state index is 4.57. The molecule has 0 radical (unpaired) electrons. The first-order valence-electron chi connectivity index (χ1n) is 6.73. The van der Waals surface area contributed by atoms with Crippen LogP contribution in [0.25, 0.3) is 10.6 Å². The zero-order valence-corrected chi connectivity index (χ0v) is 13.2. The van der Waals surface area contributed by atoms with Crippen molar-refractivity contribution in [2.75, 3.05) is 0 Å². The predicted molar refractivity (Wildman–Crippen MR) is 83.7 cm³/mol. The molecule has 0 aliphatic heterocycles. The third kappa shape index (κ3) is 3.43. The molecule has 3 heteroatoms. The smallest absolute Gasteiger partial charge is 0.123 e. The molecule has 1 aromatic heterocycles. The van der Waals surface area contributed by atoms with Gasteiger partial charge in [-0.3, -0.25) is 0 Å². The number of aromatic nitrogens is 1. The van der Waals surface area contributed by atoms with Gasteiger partial charge in [-0.2, -0.15) is 0 Å². The van der Waals surface area contributed by atoms with Crippen molar-refractivity contribution in [1.29, 1.82) is 0 Å². The van der Waals surface area contributed by atoms with E-state index in [2.05, 4.69) is 57.1 Å². The van der Waals surface area contributed by atoms with E-state index in [0.29, 0.717) is 6.04 Å². The molecule has 0 fully saturated rings. The molecule has 0 aliphatic carbocycles. The molecule has 0 saturated carbocycles. The van der Waals surface area contributed by atoms with E-state index in [-0.39, 0.29) is 0 Å². The lowest BCUT2D eigenvalue weighted by Crippen LogP contribution is -2.21. The summed E-state index contributed by atoms with van der Waals surface area (Å²) < 4.78 is 0. The summed E-state index contributed by atoms with van der Waals surface area (Å²) in [6, 6.07) is 5.01. The molecule has 2 aromatic rings. The van der Waals surface area contributed by atoms with Gasteiger partial charge >= 0.3 is 0 Å². The second-order valence-electron chi connectivity index (χ2n) is 5.42. The van der Waals surface area contributed by atoms with Crippen LogP contribution < -0.4 is 5.32 Å². The molecule has 0 bridgehead atoms. The van der Waals surface area contributed by atoms with Crippen molar-refractivity contribution >= 4 is 11.3 Å². The Morgan fingerprint density at radius 3 is 2.47 bits per heavy atom. The highest BCUT2D eigenvalue weighted by molar-refractivity contribution is 7.15. The van der Waals surface area contributed by atoms with E-state index in [9.17, 15) is 0 Å². The van der Waals surface area contributed by atoms with E-state index in [4.69, 9.17) is 0 Å². The third-order valence-corrected chi connectivity index (χ3v) is 4.34. The van der Waals surface area contributed by atoms with Gasteiger partial charge in [-0.15, -0.1) is 11.3 Å². The first-order chi connectivity index (χ1) is 8.97. The fraction of sp³-hybridized carbons (Fsp3) is 0.438. The van der Waals surface area contributed by atoms with Gasteiger partial charge in [0, 0.05) is 29.2 Å². The van der Waals surface area contributed by atoms with Crippen LogP contribution in [0.5, 0.6) is 0 Å². The second-order valence-corrected chi connectivity index (χ2v) is 6.53. The summed E-state index contributed by atoms with van der Waals surface area (Å²) in [4.78, 5) is 5.87. The topological polar surface area (TPSA) is 24.9 Å². The molecule has 0 unspecified atom stereocenters. The summed E-state index contributed by atoms with van der Waals surface area (Å²) in [6.07, 6.45) is 1.99. The fourth-order valence-electron chi connectivity index (χ4n) is 2.01. The van der Waals surface area contributed by atoms with E-state index < -0.39 is 0 Å². The Kier molecular flexibility index (Phi) is 4.38. The van der Waals surface area contributed by atoms with Crippen LogP contribution in [0.3, 0.4) is 0 Å². The molecule has 0 atom stereocenters. The minimum absolute atomic E-state index is 0.508. The van der Waals surface area contributed by atoms with Crippen LogP contribution in [-0.2, 0) is 6.54 Å². The Balaban J connectivity index is 2.25. The molecule has 2 rings (SSSR count). The van der Waals surface area contributed by atoms with E-state index >= 15 is 0 Å².